The Balaban J connectivity index is 2.28. The fourth-order valence-electron chi connectivity index (χ4n) is 2.46. The Morgan fingerprint density at radius 1 is 0.885 bits per heavy atom. The van der Waals surface area contributed by atoms with Crippen LogP contribution in [0.25, 0.3) is 0 Å². The van der Waals surface area contributed by atoms with Crippen molar-refractivity contribution in [3.63, 3.8) is 0 Å². The molecule has 0 saturated carbocycles. The van der Waals surface area contributed by atoms with Crippen LogP contribution in [0.3, 0.4) is 0 Å². The second-order valence-electron chi connectivity index (χ2n) is 5.69. The molecule has 0 saturated heterocycles. The summed E-state index contributed by atoms with van der Waals surface area (Å²) in [5.74, 6) is -1.34. The number of carbonyl (C=O) groups excluding carboxylic acids is 3. The minimum absolute atomic E-state index is 0.124. The highest BCUT2D eigenvalue weighted by Crippen LogP contribution is 2.22. The van der Waals surface area contributed by atoms with Crippen molar-refractivity contribution in [2.45, 2.75) is 26.0 Å². The van der Waals surface area contributed by atoms with Crippen molar-refractivity contribution in [1.29, 1.82) is 0 Å². The minimum Gasteiger partial charge on any atom is -0.464 e. The van der Waals surface area contributed by atoms with Crippen molar-refractivity contribution in [2.24, 2.45) is 0 Å². The summed E-state index contributed by atoms with van der Waals surface area (Å²) in [6.07, 6.45) is -0.791. The number of nitrogens with one attached hydrogen (secondary N) is 1. The molecule has 6 nitrogen and oxygen atoms in total. The lowest BCUT2D eigenvalue weighted by Crippen LogP contribution is -2.44. The highest BCUT2D eigenvalue weighted by molar-refractivity contribution is 5.94. The van der Waals surface area contributed by atoms with E-state index in [0.29, 0.717) is 11.1 Å². The third-order valence-electron chi connectivity index (χ3n) is 3.61. The molecule has 2 aromatic rings. The average molecular weight is 355 g/mol. The summed E-state index contributed by atoms with van der Waals surface area (Å²) >= 11 is 0. The van der Waals surface area contributed by atoms with Gasteiger partial charge in [0.05, 0.1) is 0 Å². The first kappa shape index (κ1) is 19.2. The number of amides is 1. The maximum absolute atomic E-state index is 12.5. The fraction of sp³-hybridized carbons (Fsp3) is 0.250. The molecule has 2 aromatic carbocycles. The van der Waals surface area contributed by atoms with E-state index in [4.69, 9.17) is 9.47 Å². The van der Waals surface area contributed by atoms with Crippen molar-refractivity contribution < 1.29 is 23.9 Å². The molecule has 0 aliphatic rings. The third kappa shape index (κ3) is 5.73. The van der Waals surface area contributed by atoms with Crippen LogP contribution in [-0.4, -0.2) is 30.5 Å². The molecule has 0 spiro atoms. The Kier molecular flexibility index (Phi) is 6.91. The molecule has 0 fully saturated rings. The van der Waals surface area contributed by atoms with Gasteiger partial charge in [-0.1, -0.05) is 48.5 Å². The van der Waals surface area contributed by atoms with E-state index in [1.807, 2.05) is 6.07 Å². The molecular formula is C20H21NO5. The predicted molar refractivity (Wildman–Crippen MR) is 95.3 cm³/mol. The molecule has 0 aliphatic carbocycles. The maximum atomic E-state index is 12.5. The van der Waals surface area contributed by atoms with E-state index in [9.17, 15) is 14.4 Å². The monoisotopic (exact) mass is 355 g/mol. The predicted octanol–water partition coefficient (Wildman–Crippen LogP) is 2.65. The van der Waals surface area contributed by atoms with Gasteiger partial charge in [-0.3, -0.25) is 14.4 Å². The van der Waals surface area contributed by atoms with Crippen LogP contribution < -0.4 is 5.32 Å². The Bertz CT molecular complexity index is 745. The van der Waals surface area contributed by atoms with Crippen LogP contribution in [0.1, 0.15) is 35.9 Å². The molecule has 0 aliphatic heterocycles. The third-order valence-corrected chi connectivity index (χ3v) is 3.61. The Morgan fingerprint density at radius 2 is 1.46 bits per heavy atom. The van der Waals surface area contributed by atoms with Crippen LogP contribution in [0.4, 0.5) is 0 Å². The Labute approximate surface area is 152 Å². The number of benzene rings is 2. The number of ether oxygens (including phenoxy) is 2. The second kappa shape index (κ2) is 9.36. The first-order valence-corrected chi connectivity index (χ1v) is 8.19. The standard InChI is InChI=1S/C20H21NO5/c1-14(22)25-13-18(21-20(24)17-11-7-4-8-12-17)19(26-15(2)23)16-9-5-3-6-10-16/h3-12,18-19H,13H2,1-2H3,(H,21,24)/t18-,19+/m1/s1. The first-order valence-electron chi connectivity index (χ1n) is 8.19. The molecule has 26 heavy (non-hydrogen) atoms. The van der Waals surface area contributed by atoms with Gasteiger partial charge in [0.1, 0.15) is 12.6 Å². The van der Waals surface area contributed by atoms with Gasteiger partial charge >= 0.3 is 11.9 Å². The van der Waals surface area contributed by atoms with E-state index < -0.39 is 24.1 Å². The molecule has 0 heterocycles. The van der Waals surface area contributed by atoms with Gasteiger partial charge in [0.25, 0.3) is 5.91 Å². The highest BCUT2D eigenvalue weighted by atomic mass is 16.6. The van der Waals surface area contributed by atoms with Crippen LogP contribution >= 0.6 is 0 Å². The van der Waals surface area contributed by atoms with Crippen molar-refractivity contribution in [3.8, 4) is 0 Å². The number of hydrogen-bond donors (Lipinski definition) is 1. The lowest BCUT2D eigenvalue weighted by atomic mass is 10.0. The van der Waals surface area contributed by atoms with Crippen LogP contribution in [0, 0.1) is 0 Å². The zero-order valence-electron chi connectivity index (χ0n) is 14.7. The van der Waals surface area contributed by atoms with E-state index >= 15 is 0 Å². The van der Waals surface area contributed by atoms with Crippen molar-refractivity contribution >= 4 is 17.8 Å². The summed E-state index contributed by atoms with van der Waals surface area (Å²) in [6, 6.07) is 16.9. The fourth-order valence-corrected chi connectivity index (χ4v) is 2.46. The molecule has 0 aromatic heterocycles. The Hall–Kier alpha value is -3.15. The summed E-state index contributed by atoms with van der Waals surface area (Å²) in [7, 11) is 0. The zero-order valence-corrected chi connectivity index (χ0v) is 14.7. The lowest BCUT2D eigenvalue weighted by Gasteiger charge is -2.27. The minimum atomic E-state index is -0.791. The normalized spacial score (nSPS) is 12.5. The summed E-state index contributed by atoms with van der Waals surface area (Å²) in [5.41, 5.74) is 1.14. The number of hydrogen-bond acceptors (Lipinski definition) is 5. The van der Waals surface area contributed by atoms with Crippen molar-refractivity contribution in [1.82, 2.24) is 5.32 Å². The van der Waals surface area contributed by atoms with E-state index in [-0.39, 0.29) is 12.5 Å². The first-order chi connectivity index (χ1) is 12.5. The molecule has 0 radical (unpaired) electrons. The van der Waals surface area contributed by atoms with Gasteiger partial charge in [-0.2, -0.15) is 0 Å². The largest absolute Gasteiger partial charge is 0.464 e. The summed E-state index contributed by atoms with van der Waals surface area (Å²) in [4.78, 5) is 35.4. The number of carbonyl (C=O) groups is 3. The summed E-state index contributed by atoms with van der Waals surface area (Å²) in [6.45, 7) is 2.44. The van der Waals surface area contributed by atoms with Crippen molar-refractivity contribution in [3.05, 3.63) is 71.8 Å². The van der Waals surface area contributed by atoms with Crippen LogP contribution in [0.5, 0.6) is 0 Å². The topological polar surface area (TPSA) is 81.7 Å². The van der Waals surface area contributed by atoms with E-state index in [1.165, 1.54) is 13.8 Å². The van der Waals surface area contributed by atoms with Crippen LogP contribution in [-0.2, 0) is 19.1 Å². The second-order valence-corrected chi connectivity index (χ2v) is 5.69. The Morgan fingerprint density at radius 3 is 2.00 bits per heavy atom. The average Bonchev–Trinajstić information content (AvgIpc) is 2.64. The van der Waals surface area contributed by atoms with Gasteiger partial charge in [0.15, 0.2) is 6.10 Å². The molecule has 2 atom stereocenters. The van der Waals surface area contributed by atoms with Gasteiger partial charge in [0.2, 0.25) is 0 Å². The van der Waals surface area contributed by atoms with Gasteiger partial charge in [0, 0.05) is 19.4 Å². The smallest absolute Gasteiger partial charge is 0.303 e. The lowest BCUT2D eigenvalue weighted by molar-refractivity contribution is -0.151. The number of esters is 2. The van der Waals surface area contributed by atoms with Crippen LogP contribution in [0.2, 0.25) is 0 Å². The van der Waals surface area contributed by atoms with Gasteiger partial charge in [-0.25, -0.2) is 0 Å². The van der Waals surface area contributed by atoms with Gasteiger partial charge in [-0.05, 0) is 17.7 Å². The molecule has 136 valence electrons. The molecular weight excluding hydrogens is 334 g/mol. The molecule has 2 rings (SSSR count). The quantitative estimate of drug-likeness (QED) is 0.772. The van der Waals surface area contributed by atoms with Crippen LogP contribution in [0.15, 0.2) is 60.7 Å². The van der Waals surface area contributed by atoms with Gasteiger partial charge < -0.3 is 14.8 Å². The highest BCUT2D eigenvalue weighted by Gasteiger charge is 2.29. The molecule has 6 heteroatoms. The van der Waals surface area contributed by atoms with E-state index in [2.05, 4.69) is 5.32 Å². The maximum Gasteiger partial charge on any atom is 0.303 e. The van der Waals surface area contributed by atoms with E-state index in [1.54, 1.807) is 54.6 Å². The number of rotatable bonds is 7. The van der Waals surface area contributed by atoms with E-state index in [0.717, 1.165) is 0 Å². The molecule has 1 amide bonds. The van der Waals surface area contributed by atoms with Crippen molar-refractivity contribution in [2.75, 3.05) is 6.61 Å². The van der Waals surface area contributed by atoms with Gasteiger partial charge in [-0.15, -0.1) is 0 Å². The molecule has 0 unspecified atom stereocenters. The molecule has 0 bridgehead atoms. The summed E-state index contributed by atoms with van der Waals surface area (Å²) < 4.78 is 10.5. The molecule has 1 N–H and O–H groups in total. The summed E-state index contributed by atoms with van der Waals surface area (Å²) in [5, 5.41) is 2.80. The SMILES string of the molecule is CC(=O)OC[C@@H](NC(=O)c1ccccc1)[C@@H](OC(C)=O)c1ccccc1. The zero-order chi connectivity index (χ0) is 18.9.